The maximum atomic E-state index is 12.0. The van der Waals surface area contributed by atoms with Crippen LogP contribution in [0.15, 0.2) is 54.7 Å². The number of likely N-dealkylation sites (N-methyl/N-ethyl adjacent to an activating group) is 1. The second-order valence-electron chi connectivity index (χ2n) is 13.3. The maximum absolute atomic E-state index is 12.0. The van der Waals surface area contributed by atoms with Crippen molar-refractivity contribution >= 4 is 29.0 Å². The number of methoxy groups -OCH3 is 1. The third-order valence-electron chi connectivity index (χ3n) is 9.71. The molecule has 6 rings (SSSR count). The number of halogens is 1. The van der Waals surface area contributed by atoms with Gasteiger partial charge in [0.15, 0.2) is 11.5 Å². The van der Waals surface area contributed by atoms with Crippen molar-refractivity contribution in [3.05, 3.63) is 76.4 Å². The number of amides is 1. The number of fused-ring (bicyclic) bond motifs is 1. The fourth-order valence-electron chi connectivity index (χ4n) is 7.35. The maximum Gasteiger partial charge on any atom is 0.237 e. The first-order chi connectivity index (χ1) is 22.1. The number of benzene rings is 2. The van der Waals surface area contributed by atoms with Gasteiger partial charge in [-0.05, 0) is 98.5 Å². The van der Waals surface area contributed by atoms with Gasteiger partial charge in [-0.15, -0.1) is 0 Å². The Morgan fingerprint density at radius 3 is 2.41 bits per heavy atom. The molecule has 246 valence electrons. The van der Waals surface area contributed by atoms with Crippen LogP contribution in [-0.4, -0.2) is 85.1 Å². The van der Waals surface area contributed by atoms with Gasteiger partial charge in [-0.1, -0.05) is 23.7 Å². The van der Waals surface area contributed by atoms with Crippen molar-refractivity contribution < 1.29 is 19.4 Å². The number of carbonyl (C=O) groups excluding carboxylic acids is 1. The largest absolute Gasteiger partial charge is 0.493 e. The molecule has 1 aromatic heterocycles. The molecule has 1 N–H and O–H groups in total. The zero-order valence-corrected chi connectivity index (χ0v) is 28.3. The van der Waals surface area contributed by atoms with Crippen molar-refractivity contribution in [2.75, 3.05) is 50.8 Å². The van der Waals surface area contributed by atoms with Crippen LogP contribution in [0.3, 0.4) is 0 Å². The number of ether oxygens (including phenoxy) is 2. The van der Waals surface area contributed by atoms with Gasteiger partial charge in [-0.3, -0.25) is 9.69 Å². The lowest BCUT2D eigenvalue weighted by atomic mass is 9.85. The minimum Gasteiger partial charge on any atom is -0.493 e. The van der Waals surface area contributed by atoms with E-state index in [1.807, 2.05) is 67.2 Å². The number of nitrogens with zero attached hydrogens (tertiary/aromatic N) is 5. The highest BCUT2D eigenvalue weighted by atomic mass is 35.5. The number of pyridine rings is 1. The van der Waals surface area contributed by atoms with Crippen LogP contribution in [0.5, 0.6) is 11.5 Å². The van der Waals surface area contributed by atoms with E-state index in [0.717, 1.165) is 67.1 Å². The zero-order chi connectivity index (χ0) is 32.5. The Labute approximate surface area is 277 Å². The van der Waals surface area contributed by atoms with Crippen LogP contribution < -0.4 is 19.3 Å². The third-order valence-corrected chi connectivity index (χ3v) is 9.97. The molecule has 2 aromatic carbocycles. The number of aliphatic hydroxyl groups is 1. The van der Waals surface area contributed by atoms with Crippen LogP contribution >= 0.6 is 11.6 Å². The summed E-state index contributed by atoms with van der Waals surface area (Å²) in [6, 6.07) is 16.2. The van der Waals surface area contributed by atoms with Crippen molar-refractivity contribution in [3.8, 4) is 11.5 Å². The summed E-state index contributed by atoms with van der Waals surface area (Å²) in [5.41, 5.74) is 3.90. The molecule has 2 aliphatic heterocycles. The number of aromatic nitrogens is 1. The van der Waals surface area contributed by atoms with Gasteiger partial charge in [-0.2, -0.15) is 0 Å². The number of hydrogen-bond acceptors (Lipinski definition) is 8. The Balaban J connectivity index is 1.21. The van der Waals surface area contributed by atoms with Crippen LogP contribution in [0, 0.1) is 5.92 Å². The lowest BCUT2D eigenvalue weighted by Gasteiger charge is -2.43. The van der Waals surface area contributed by atoms with Crippen molar-refractivity contribution in [3.63, 3.8) is 0 Å². The SMILES string of the molecule is COc1cc2c(cc1OC(C)C)[C@H](c1ccc(Cl)cc1)N(c1ccc(N(C)CC3CCC(N4CC(=O)N(C)C4)CC3)nc1)C(O)C2. The van der Waals surface area contributed by atoms with E-state index in [1.54, 1.807) is 7.11 Å². The van der Waals surface area contributed by atoms with Crippen LogP contribution in [-0.2, 0) is 11.2 Å². The van der Waals surface area contributed by atoms with Gasteiger partial charge in [0.2, 0.25) is 5.91 Å². The number of carbonyl (C=O) groups is 1. The Kier molecular flexibility index (Phi) is 9.64. The number of aliphatic hydroxyl groups excluding tert-OH is 1. The quantitative estimate of drug-likeness (QED) is 0.316. The summed E-state index contributed by atoms with van der Waals surface area (Å²) in [4.78, 5) is 25.3. The van der Waals surface area contributed by atoms with Crippen molar-refractivity contribution in [1.82, 2.24) is 14.8 Å². The standard InChI is InChI=1S/C36H46ClN5O4/c1-23(2)46-32-18-30-26(16-31(32)45-5)17-34(43)42(36(30)25-8-10-27(37)11-9-25)29-14-15-33(38-19-29)39(3)20-24-6-12-28(13-7-24)41-21-35(44)40(4)22-41/h8-11,14-16,18-19,23-24,28,34,36,43H,6-7,12-13,17,20-22H2,1-5H3/t24?,28?,34?,36-/m0/s1. The van der Waals surface area contributed by atoms with Gasteiger partial charge >= 0.3 is 0 Å². The smallest absolute Gasteiger partial charge is 0.237 e. The first-order valence-corrected chi connectivity index (χ1v) is 16.7. The molecule has 3 aliphatic rings. The monoisotopic (exact) mass is 647 g/mol. The fourth-order valence-corrected chi connectivity index (χ4v) is 7.47. The molecule has 0 spiro atoms. The Morgan fingerprint density at radius 2 is 1.80 bits per heavy atom. The third kappa shape index (κ3) is 6.77. The summed E-state index contributed by atoms with van der Waals surface area (Å²) >= 11 is 6.29. The zero-order valence-electron chi connectivity index (χ0n) is 27.5. The molecule has 3 aromatic rings. The second kappa shape index (κ2) is 13.7. The van der Waals surface area contributed by atoms with Crippen molar-refractivity contribution in [1.29, 1.82) is 0 Å². The Hall–Kier alpha value is -3.53. The molecule has 1 unspecified atom stereocenters. The van der Waals surface area contributed by atoms with Gasteiger partial charge in [0.25, 0.3) is 0 Å². The predicted molar refractivity (Wildman–Crippen MR) is 182 cm³/mol. The lowest BCUT2D eigenvalue weighted by Crippen LogP contribution is -2.44. The molecule has 46 heavy (non-hydrogen) atoms. The Bertz CT molecular complexity index is 1510. The average Bonchev–Trinajstić information content (AvgIpc) is 3.38. The topological polar surface area (TPSA) is 81.6 Å². The molecule has 9 nitrogen and oxygen atoms in total. The summed E-state index contributed by atoms with van der Waals surface area (Å²) < 4.78 is 11.8. The van der Waals surface area contributed by atoms with E-state index in [1.165, 1.54) is 0 Å². The van der Waals surface area contributed by atoms with Crippen molar-refractivity contribution in [2.45, 2.75) is 70.4 Å². The number of rotatable bonds is 9. The molecular formula is C36H46ClN5O4. The van der Waals surface area contributed by atoms with E-state index in [-0.39, 0.29) is 18.1 Å². The van der Waals surface area contributed by atoms with E-state index < -0.39 is 6.23 Å². The van der Waals surface area contributed by atoms with Crippen molar-refractivity contribution in [2.24, 2.45) is 5.92 Å². The van der Waals surface area contributed by atoms with E-state index in [4.69, 9.17) is 26.1 Å². The first kappa shape index (κ1) is 32.4. The average molecular weight is 648 g/mol. The molecule has 0 radical (unpaired) electrons. The predicted octanol–water partition coefficient (Wildman–Crippen LogP) is 5.73. The van der Waals surface area contributed by atoms with E-state index in [2.05, 4.69) is 35.0 Å². The number of hydrogen-bond donors (Lipinski definition) is 1. The van der Waals surface area contributed by atoms with Gasteiger partial charge in [-0.25, -0.2) is 4.98 Å². The molecule has 10 heteroatoms. The summed E-state index contributed by atoms with van der Waals surface area (Å²) in [7, 11) is 5.64. The molecule has 0 bridgehead atoms. The molecule has 2 atom stereocenters. The highest BCUT2D eigenvalue weighted by molar-refractivity contribution is 6.30. The highest BCUT2D eigenvalue weighted by Gasteiger charge is 2.37. The normalized spacial score (nSPS) is 23.5. The number of anilines is 2. The van der Waals surface area contributed by atoms with Crippen LogP contribution in [0.1, 0.15) is 62.3 Å². The summed E-state index contributed by atoms with van der Waals surface area (Å²) in [6.45, 7) is 6.24. The van der Waals surface area contributed by atoms with E-state index in [9.17, 15) is 9.90 Å². The fraction of sp³-hybridized carbons (Fsp3) is 0.500. The summed E-state index contributed by atoms with van der Waals surface area (Å²) in [5.74, 6) is 3.06. The van der Waals surface area contributed by atoms with Crippen LogP contribution in [0.4, 0.5) is 11.5 Å². The molecule has 1 saturated heterocycles. The minimum absolute atomic E-state index is 0.0206. The molecule has 1 aliphatic carbocycles. The summed E-state index contributed by atoms with van der Waals surface area (Å²) in [6.07, 6.45) is 6.06. The molecular weight excluding hydrogens is 602 g/mol. The van der Waals surface area contributed by atoms with E-state index in [0.29, 0.717) is 41.4 Å². The molecule has 1 saturated carbocycles. The van der Waals surface area contributed by atoms with Gasteiger partial charge in [0, 0.05) is 38.1 Å². The molecule has 3 heterocycles. The van der Waals surface area contributed by atoms with Crippen LogP contribution in [0.2, 0.25) is 5.02 Å². The lowest BCUT2D eigenvalue weighted by molar-refractivity contribution is -0.125. The van der Waals surface area contributed by atoms with Gasteiger partial charge < -0.3 is 29.3 Å². The summed E-state index contributed by atoms with van der Waals surface area (Å²) in [5, 5.41) is 12.3. The molecule has 2 fully saturated rings. The second-order valence-corrected chi connectivity index (χ2v) is 13.8. The van der Waals surface area contributed by atoms with E-state index >= 15 is 0 Å². The Morgan fingerprint density at radius 1 is 1.07 bits per heavy atom. The van der Waals surface area contributed by atoms with Gasteiger partial charge in [0.1, 0.15) is 12.0 Å². The first-order valence-electron chi connectivity index (χ1n) is 16.4. The minimum atomic E-state index is -0.777. The van der Waals surface area contributed by atoms with Gasteiger partial charge in [0.05, 0.1) is 44.4 Å². The highest BCUT2D eigenvalue weighted by Crippen LogP contribution is 2.45. The van der Waals surface area contributed by atoms with Crippen LogP contribution in [0.25, 0.3) is 0 Å². The molecule has 1 amide bonds.